The molecular formula is C14H21N3OS. The van der Waals surface area contributed by atoms with Crippen molar-refractivity contribution in [2.24, 2.45) is 5.73 Å². The highest BCUT2D eigenvalue weighted by Crippen LogP contribution is 2.26. The van der Waals surface area contributed by atoms with Crippen molar-refractivity contribution >= 4 is 17.6 Å². The molecule has 0 amide bonds. The number of hydrogen-bond acceptors (Lipinski definition) is 4. The Balaban J connectivity index is 2.16. The van der Waals surface area contributed by atoms with Gasteiger partial charge in [0.1, 0.15) is 11.6 Å². The number of nitrogens with one attached hydrogen (secondary N) is 1. The summed E-state index contributed by atoms with van der Waals surface area (Å²) in [6.45, 7) is 0.829. The molecule has 1 fully saturated rings. The van der Waals surface area contributed by atoms with E-state index in [4.69, 9.17) is 15.9 Å². The van der Waals surface area contributed by atoms with Crippen molar-refractivity contribution in [2.75, 3.05) is 25.7 Å². The Hall–Kier alpha value is -1.20. The molecule has 1 heterocycles. The van der Waals surface area contributed by atoms with Crippen LogP contribution in [0.25, 0.3) is 0 Å². The minimum atomic E-state index is 0.1000. The van der Waals surface area contributed by atoms with E-state index < -0.39 is 0 Å². The lowest BCUT2D eigenvalue weighted by Crippen LogP contribution is -2.31. The number of amidine groups is 1. The monoisotopic (exact) mass is 279 g/mol. The van der Waals surface area contributed by atoms with E-state index in [0.29, 0.717) is 6.04 Å². The Bertz CT molecular complexity index is 458. The summed E-state index contributed by atoms with van der Waals surface area (Å²) in [4.78, 5) is 2.36. The third-order valence-electron chi connectivity index (χ3n) is 3.54. The molecule has 0 spiro atoms. The van der Waals surface area contributed by atoms with E-state index in [1.165, 1.54) is 17.9 Å². The van der Waals surface area contributed by atoms with Crippen molar-refractivity contribution in [1.29, 1.82) is 5.41 Å². The molecule has 104 valence electrons. The van der Waals surface area contributed by atoms with Crippen LogP contribution in [0.5, 0.6) is 5.75 Å². The summed E-state index contributed by atoms with van der Waals surface area (Å²) in [6, 6.07) is 6.31. The van der Waals surface area contributed by atoms with Crippen molar-refractivity contribution in [2.45, 2.75) is 19.0 Å². The van der Waals surface area contributed by atoms with Gasteiger partial charge in [-0.25, -0.2) is 0 Å². The zero-order valence-corrected chi connectivity index (χ0v) is 12.3. The molecule has 1 unspecified atom stereocenters. The van der Waals surface area contributed by atoms with Gasteiger partial charge in [-0.15, -0.1) is 0 Å². The quantitative estimate of drug-likeness (QED) is 0.638. The molecule has 1 aliphatic heterocycles. The number of methoxy groups -OCH3 is 1. The van der Waals surface area contributed by atoms with Crippen LogP contribution >= 0.6 is 11.8 Å². The molecule has 0 aliphatic carbocycles. The Morgan fingerprint density at radius 1 is 1.58 bits per heavy atom. The molecule has 1 atom stereocenters. The van der Waals surface area contributed by atoms with E-state index in [9.17, 15) is 0 Å². The lowest BCUT2D eigenvalue weighted by Gasteiger charge is -2.24. The van der Waals surface area contributed by atoms with Gasteiger partial charge in [-0.2, -0.15) is 11.8 Å². The van der Waals surface area contributed by atoms with E-state index in [1.54, 1.807) is 7.11 Å². The molecular weight excluding hydrogens is 258 g/mol. The number of rotatable bonds is 5. The molecule has 1 aromatic carbocycles. The first-order valence-electron chi connectivity index (χ1n) is 6.41. The van der Waals surface area contributed by atoms with Crippen LogP contribution in [0, 0.1) is 5.41 Å². The third kappa shape index (κ3) is 3.42. The van der Waals surface area contributed by atoms with Gasteiger partial charge in [0, 0.05) is 29.5 Å². The maximum Gasteiger partial charge on any atom is 0.123 e. The highest BCUT2D eigenvalue weighted by Gasteiger charge is 2.21. The second-order valence-corrected chi connectivity index (χ2v) is 6.02. The minimum absolute atomic E-state index is 0.1000. The van der Waals surface area contributed by atoms with Crippen LogP contribution in [0.3, 0.4) is 0 Å². The molecule has 2 rings (SSSR count). The summed E-state index contributed by atoms with van der Waals surface area (Å²) in [5.74, 6) is 3.41. The Labute approximate surface area is 118 Å². The van der Waals surface area contributed by atoms with Crippen LogP contribution < -0.4 is 10.5 Å². The molecule has 0 bridgehead atoms. The topological polar surface area (TPSA) is 62.3 Å². The van der Waals surface area contributed by atoms with Gasteiger partial charge >= 0.3 is 0 Å². The van der Waals surface area contributed by atoms with Gasteiger partial charge in [0.25, 0.3) is 0 Å². The van der Waals surface area contributed by atoms with E-state index >= 15 is 0 Å². The van der Waals surface area contributed by atoms with Crippen LogP contribution in [0.2, 0.25) is 0 Å². The van der Waals surface area contributed by atoms with Crippen molar-refractivity contribution in [1.82, 2.24) is 4.90 Å². The number of nitrogens with zero attached hydrogens (tertiary/aromatic N) is 1. The first kappa shape index (κ1) is 14.2. The van der Waals surface area contributed by atoms with Gasteiger partial charge in [-0.3, -0.25) is 10.3 Å². The highest BCUT2D eigenvalue weighted by molar-refractivity contribution is 7.99. The fraction of sp³-hybridized carbons (Fsp3) is 0.500. The molecule has 4 nitrogen and oxygen atoms in total. The molecule has 5 heteroatoms. The maximum absolute atomic E-state index is 7.53. The largest absolute Gasteiger partial charge is 0.496 e. The van der Waals surface area contributed by atoms with Crippen LogP contribution in [0.1, 0.15) is 17.5 Å². The third-order valence-corrected chi connectivity index (χ3v) is 4.69. The summed E-state index contributed by atoms with van der Waals surface area (Å²) < 4.78 is 5.40. The normalized spacial score (nSPS) is 18.8. The lowest BCUT2D eigenvalue weighted by molar-refractivity contribution is 0.250. The van der Waals surface area contributed by atoms with Crippen molar-refractivity contribution in [3.63, 3.8) is 0 Å². The van der Waals surface area contributed by atoms with Crippen LogP contribution in [-0.2, 0) is 6.54 Å². The van der Waals surface area contributed by atoms with Crippen molar-refractivity contribution in [3.05, 3.63) is 29.3 Å². The van der Waals surface area contributed by atoms with E-state index in [1.807, 2.05) is 30.0 Å². The average Bonchev–Trinajstić information content (AvgIpc) is 2.92. The van der Waals surface area contributed by atoms with E-state index in [0.717, 1.165) is 23.4 Å². The Morgan fingerprint density at radius 2 is 2.37 bits per heavy atom. The summed E-state index contributed by atoms with van der Waals surface area (Å²) in [5.41, 5.74) is 7.40. The number of ether oxygens (including phenoxy) is 1. The molecule has 1 saturated heterocycles. The van der Waals surface area contributed by atoms with Crippen molar-refractivity contribution < 1.29 is 4.74 Å². The lowest BCUT2D eigenvalue weighted by atomic mass is 10.1. The molecule has 1 aromatic rings. The zero-order valence-electron chi connectivity index (χ0n) is 11.5. The number of hydrogen-bond donors (Lipinski definition) is 2. The number of benzene rings is 1. The summed E-state index contributed by atoms with van der Waals surface area (Å²) >= 11 is 2.01. The number of nitrogen functional groups attached to an aromatic ring is 1. The second-order valence-electron chi connectivity index (χ2n) is 4.87. The van der Waals surface area contributed by atoms with Gasteiger partial charge in [-0.05, 0) is 37.4 Å². The number of nitrogens with two attached hydrogens (primary N) is 1. The predicted molar refractivity (Wildman–Crippen MR) is 81.2 cm³/mol. The highest BCUT2D eigenvalue weighted by atomic mass is 32.2. The van der Waals surface area contributed by atoms with Crippen LogP contribution in [-0.4, -0.2) is 42.4 Å². The minimum Gasteiger partial charge on any atom is -0.496 e. The fourth-order valence-corrected chi connectivity index (χ4v) is 3.64. The van der Waals surface area contributed by atoms with E-state index in [-0.39, 0.29) is 5.84 Å². The molecule has 0 radical (unpaired) electrons. The molecule has 0 aromatic heterocycles. The maximum atomic E-state index is 7.53. The molecule has 3 N–H and O–H groups in total. The van der Waals surface area contributed by atoms with E-state index in [2.05, 4.69) is 11.9 Å². The smallest absolute Gasteiger partial charge is 0.123 e. The predicted octanol–water partition coefficient (Wildman–Crippen LogP) is 1.92. The van der Waals surface area contributed by atoms with Crippen molar-refractivity contribution in [3.8, 4) is 5.75 Å². The molecule has 0 saturated carbocycles. The van der Waals surface area contributed by atoms with Crippen LogP contribution in [0.4, 0.5) is 0 Å². The molecule has 19 heavy (non-hydrogen) atoms. The van der Waals surface area contributed by atoms with Gasteiger partial charge < -0.3 is 10.5 Å². The average molecular weight is 279 g/mol. The molecule has 1 aliphatic rings. The standard InChI is InChI=1S/C14H21N3OS/c1-17(12-5-6-19-9-12)8-11-7-10(14(15)16)3-4-13(11)18-2/h3-4,7,12H,5-6,8-9H2,1-2H3,(H3,15,16). The summed E-state index contributed by atoms with van der Waals surface area (Å²) in [5, 5.41) is 7.53. The Kier molecular flexibility index (Phi) is 4.71. The fourth-order valence-electron chi connectivity index (χ4n) is 2.34. The summed E-state index contributed by atoms with van der Waals surface area (Å²) in [6.07, 6.45) is 1.25. The van der Waals surface area contributed by atoms with Gasteiger partial charge in [0.2, 0.25) is 0 Å². The second kappa shape index (κ2) is 6.30. The number of thioether (sulfide) groups is 1. The van der Waals surface area contributed by atoms with Crippen LogP contribution in [0.15, 0.2) is 18.2 Å². The Morgan fingerprint density at radius 3 is 2.95 bits per heavy atom. The first-order chi connectivity index (χ1) is 9.11. The van der Waals surface area contributed by atoms with Gasteiger partial charge in [0.15, 0.2) is 0 Å². The van der Waals surface area contributed by atoms with Gasteiger partial charge in [0.05, 0.1) is 7.11 Å². The zero-order chi connectivity index (χ0) is 13.8. The first-order valence-corrected chi connectivity index (χ1v) is 7.56. The summed E-state index contributed by atoms with van der Waals surface area (Å²) in [7, 11) is 3.83. The van der Waals surface area contributed by atoms with Gasteiger partial charge in [-0.1, -0.05) is 0 Å². The SMILES string of the molecule is COc1ccc(C(=N)N)cc1CN(C)C1CCSC1.